The molecule has 0 aromatic carbocycles. The molecular weight excluding hydrogens is 1780 g/mol. The van der Waals surface area contributed by atoms with E-state index < -0.39 is 138 Å². The topological polar surface area (TPSA) is 443 Å². The number of aromatic amines is 2. The number of nitrogens with zero attached hydrogens (tertiary/aromatic N) is 13. The molecule has 10 aromatic heterocycles. The van der Waals surface area contributed by atoms with E-state index in [4.69, 9.17) is 94.5 Å². The molecule has 4 aliphatic heterocycles. The van der Waals surface area contributed by atoms with E-state index in [1.165, 1.54) is 50.1 Å². The lowest BCUT2D eigenvalue weighted by atomic mass is 9.93. The molecule has 0 saturated carbocycles. The average molecular weight is 1850 g/mol. The highest BCUT2D eigenvalue weighted by atomic mass is 79.9. The smallest absolute Gasteiger partial charge is 0.272 e. The SMILES string of the molecule is C[C@@]1(O)[C@H](O)[C@@H](CO)O[C@H]1n1cc(Br)c2c(Cl)ncnc21.C[C@@]1(O)[C@H](O)[C@@H](CO)O[C@H]1n1cc(Br)c2c(NO)ncnc21.Clc1ncnc2[nH]cc(Br)c12.Clc1ncnc2[nH]ccc12.[2H]B(C)OC[C@H]1O[C@@H](n2cc(Br)c3c(Cl)ncnc32)[C@](C)(O)[C@@H]1OB([2H])C.[2H]B(C)OC[C@H]1O[C@H](Br)[C@](C)(O)[C@@H]1OB([2H])C. The summed E-state index contributed by atoms with van der Waals surface area (Å²) in [7, 11) is -3.04. The third-order valence-electron chi connectivity index (χ3n) is 16.8. The number of ether oxygens (including phenoxy) is 4. The Hall–Kier alpha value is -3.96. The van der Waals surface area contributed by atoms with Crippen molar-refractivity contribution in [3.05, 3.63) is 107 Å². The van der Waals surface area contributed by atoms with Crippen molar-refractivity contribution < 1.29 is 83.6 Å². The summed E-state index contributed by atoms with van der Waals surface area (Å²) in [5, 5.41) is 94.6. The highest BCUT2D eigenvalue weighted by molar-refractivity contribution is 9.11. The first-order valence-electron chi connectivity index (χ1n) is 33.4. The second-order valence-corrected chi connectivity index (χ2v) is 29.5. The predicted molar refractivity (Wildman–Crippen MR) is 408 cm³/mol. The van der Waals surface area contributed by atoms with E-state index in [9.17, 15) is 40.9 Å². The molecule has 16 atom stereocenters. The molecule has 0 amide bonds. The van der Waals surface area contributed by atoms with Gasteiger partial charge in [-0.25, -0.2) is 49.8 Å². The van der Waals surface area contributed by atoms with Gasteiger partial charge in [0, 0.05) is 54.2 Å². The summed E-state index contributed by atoms with van der Waals surface area (Å²) < 4.78 is 81.6. The van der Waals surface area contributed by atoms with Gasteiger partial charge in [-0.05, 0) is 97.5 Å². The lowest BCUT2D eigenvalue weighted by Gasteiger charge is -2.30. The third kappa shape index (κ3) is 17.6. The first-order chi connectivity index (χ1) is 50.8. The van der Waals surface area contributed by atoms with Crippen LogP contribution in [0.15, 0.2) is 86.6 Å². The quantitative estimate of drug-likeness (QED) is 0.0210. The second-order valence-electron chi connectivity index (χ2n) is 23.8. The molecule has 33 nitrogen and oxygen atoms in total. The predicted octanol–water partition coefficient (Wildman–Crippen LogP) is 6.59. The molecule has 12 N–H and O–H groups in total. The van der Waals surface area contributed by atoms with Gasteiger partial charge in [-0.2, -0.15) is 0 Å². The van der Waals surface area contributed by atoms with E-state index in [1.54, 1.807) is 81.3 Å². The number of aromatic nitrogens is 15. The normalized spacial score (nSPS) is 28.9. The maximum Gasteiger partial charge on any atom is 0.272 e. The summed E-state index contributed by atoms with van der Waals surface area (Å²) in [5.41, 5.74) is -1.10. The molecule has 0 radical (unpaired) electrons. The van der Waals surface area contributed by atoms with Crippen LogP contribution in [0.1, 0.15) is 46.4 Å². The van der Waals surface area contributed by atoms with E-state index in [0.29, 0.717) is 56.8 Å². The summed E-state index contributed by atoms with van der Waals surface area (Å²) in [6, 6.07) is 1.84. The number of anilines is 1. The van der Waals surface area contributed by atoms with Crippen LogP contribution >= 0.6 is 126 Å². The maximum atomic E-state index is 11.2. The molecule has 104 heavy (non-hydrogen) atoms. The minimum Gasteiger partial charge on any atom is -0.437 e. The lowest BCUT2D eigenvalue weighted by Crippen LogP contribution is -2.46. The minimum atomic E-state index is -1.63. The molecule has 4 fully saturated rings. The largest absolute Gasteiger partial charge is 0.437 e. The first kappa shape index (κ1) is 78.2. The van der Waals surface area contributed by atoms with Gasteiger partial charge in [0.1, 0.15) is 157 Å². The van der Waals surface area contributed by atoms with Crippen molar-refractivity contribution >= 4 is 217 Å². The van der Waals surface area contributed by atoms with Crippen molar-refractivity contribution in [3.8, 4) is 0 Å². The Morgan fingerprint density at radius 2 is 0.933 bits per heavy atom. The van der Waals surface area contributed by atoms with Crippen LogP contribution in [0, 0.1) is 0 Å². The number of nitrogens with one attached hydrogen (secondary N) is 3. The van der Waals surface area contributed by atoms with Crippen LogP contribution in [-0.4, -0.2) is 257 Å². The van der Waals surface area contributed by atoms with Gasteiger partial charge in [-0.3, -0.25) is 10.7 Å². The van der Waals surface area contributed by atoms with Gasteiger partial charge in [0.2, 0.25) is 0 Å². The van der Waals surface area contributed by atoms with Gasteiger partial charge in [0.15, 0.2) is 24.5 Å². The van der Waals surface area contributed by atoms with Crippen molar-refractivity contribution in [2.45, 2.75) is 150 Å². The summed E-state index contributed by atoms with van der Waals surface area (Å²) in [4.78, 5) is 45.8. The van der Waals surface area contributed by atoms with Crippen molar-refractivity contribution in [2.75, 3.05) is 31.9 Å². The Morgan fingerprint density at radius 3 is 1.38 bits per heavy atom. The zero-order valence-corrected chi connectivity index (χ0v) is 66.9. The molecule has 46 heteroatoms. The maximum absolute atomic E-state index is 11.2. The number of rotatable bonds is 16. The summed E-state index contributed by atoms with van der Waals surface area (Å²) in [5.74, 6) is 0.188. The molecule has 0 spiro atoms. The Labute approximate surface area is 663 Å². The summed E-state index contributed by atoms with van der Waals surface area (Å²) in [6.45, 7) is 11.7. The number of H-pyrrole nitrogens is 2. The fraction of sp³-hybridized carbons (Fsp3) is 0.483. The van der Waals surface area contributed by atoms with Crippen LogP contribution in [0.5, 0.6) is 0 Å². The molecular formula is C58H71B4Br5Cl4N16O17. The summed E-state index contributed by atoms with van der Waals surface area (Å²) in [6.07, 6.45) is 5.62. The van der Waals surface area contributed by atoms with Crippen LogP contribution in [0.25, 0.3) is 55.2 Å². The number of aliphatic hydroxyl groups is 8. The molecule has 0 aliphatic carbocycles. The zero-order valence-electron chi connectivity index (χ0n) is 59.9. The molecule has 14 heterocycles. The fourth-order valence-electron chi connectivity index (χ4n) is 11.7. The molecule has 560 valence electrons. The Morgan fingerprint density at radius 1 is 0.529 bits per heavy atom. The van der Waals surface area contributed by atoms with Crippen molar-refractivity contribution in [3.63, 3.8) is 0 Å². The number of hydrogen-bond acceptors (Lipinski definition) is 28. The second kappa shape index (κ2) is 36.3. The highest BCUT2D eigenvalue weighted by Crippen LogP contribution is 2.46. The molecule has 0 bridgehead atoms. The van der Waals surface area contributed by atoms with Gasteiger partial charge >= 0.3 is 0 Å². The third-order valence-corrected chi connectivity index (χ3v) is 21.5. The molecule has 4 saturated heterocycles. The van der Waals surface area contributed by atoms with Crippen molar-refractivity contribution in [1.29, 1.82) is 5.34 Å². The van der Waals surface area contributed by atoms with E-state index in [2.05, 4.69) is 139 Å². The molecule has 14 rings (SSSR count). The number of fused-ring (bicyclic) bond motifs is 5. The highest BCUT2D eigenvalue weighted by Gasteiger charge is 2.57. The van der Waals surface area contributed by atoms with Gasteiger partial charge in [0.25, 0.3) is 29.8 Å². The Kier molecular flexibility index (Phi) is 27.3. The van der Waals surface area contributed by atoms with Crippen LogP contribution < -0.4 is 5.48 Å². The van der Waals surface area contributed by atoms with Gasteiger partial charge < -0.3 is 102 Å². The average Bonchev–Trinajstić information content (AvgIpc) is 1.60. The molecule has 4 aliphatic rings. The zero-order chi connectivity index (χ0) is 79.4. The van der Waals surface area contributed by atoms with E-state index in [0.717, 1.165) is 26.5 Å². The number of alkyl halides is 1. The Balaban J connectivity index is 0.000000154. The number of halogens is 9. The van der Waals surface area contributed by atoms with E-state index >= 15 is 0 Å². The monoisotopic (exact) mass is 1850 g/mol. The van der Waals surface area contributed by atoms with Crippen LogP contribution in [0.2, 0.25) is 47.9 Å². The molecule has 10 aromatic rings. The standard InChI is InChI=1S/C14H19B2BrClN3O4.C12H13BrClN3O4.C12H15BrN4O5.C8H17B2BrO4.C6H3BrClN3.C6H4ClN3/c1-14(22)10(25-16-3)8(5-23-15-2)24-13(14)21-4-7(17)9-11(18)19-6-20-12(9)21;1-12(20)8(19)6(3-18)21-11(12)17-2-5(13)7-9(14)15-4-16-10(7)17;1-12(20)8(19)6(3-18)22-11(12)17-2-5(13)7-9(16-21)14-4-15-10(7)17;1-8(12)6(15-10-3)5(4-13-9-2)14-7(8)11;7-3-1-9-6-4(3)5(8)10-2-11-6;7-5-4-1-2-8-6(4)10-3-9-5/h4,6,8,10,13,15-16,22H,5H2,1-3H3;2,4,6,8,11,18-20H,3H2,1H3;2,4,6,8,11,18-21H,3H2,1H3,(H,14,15,16);5-7,9-10,12H,4H2,1-3H3;1-2H,(H,9,10,11);1-3H,(H,8,9,10)/t8-,10-,13-,14-;2*6-,8-,11-,12-;5-,6-,7+,8-;;/m1111../s1/i15D,16D;;;9D,10D;;. The number of hydrogen-bond donors (Lipinski definition) is 12. The Bertz CT molecular complexity index is 4700. The van der Waals surface area contributed by atoms with E-state index in [1.807, 2.05) is 11.5 Å². The first-order valence-corrected chi connectivity index (χ1v) is 36.7. The summed E-state index contributed by atoms with van der Waals surface area (Å²) >= 11 is 40.4. The minimum absolute atomic E-state index is 0.0464. The van der Waals surface area contributed by atoms with Gasteiger partial charge in [0.05, 0.1) is 53.4 Å². The van der Waals surface area contributed by atoms with Gasteiger partial charge in [-0.1, -0.05) is 89.6 Å². The van der Waals surface area contributed by atoms with E-state index in [-0.39, 0.29) is 29.3 Å². The van der Waals surface area contributed by atoms with Crippen LogP contribution in [0.3, 0.4) is 0 Å². The lowest BCUT2D eigenvalue weighted by molar-refractivity contribution is -0.0948. The number of aliphatic hydroxyl groups excluding tert-OH is 4. The van der Waals surface area contributed by atoms with Crippen molar-refractivity contribution in [2.24, 2.45) is 0 Å². The fourth-order valence-corrected chi connectivity index (χ4v) is 15.7. The van der Waals surface area contributed by atoms with Crippen LogP contribution in [0.4, 0.5) is 5.82 Å². The van der Waals surface area contributed by atoms with Crippen molar-refractivity contribution in [1.82, 2.24) is 73.5 Å². The van der Waals surface area contributed by atoms with Gasteiger partial charge in [-0.15, -0.1) is 0 Å². The van der Waals surface area contributed by atoms with Crippen LogP contribution in [-0.2, 0) is 37.6 Å². The molecule has 0 unspecified atom stereocenters.